The molecular weight excluding hydrogens is 294 g/mol. The van der Waals surface area contributed by atoms with Gasteiger partial charge in [-0.25, -0.2) is 4.98 Å². The fourth-order valence-corrected chi connectivity index (χ4v) is 2.94. The Kier molecular flexibility index (Phi) is 4.36. The van der Waals surface area contributed by atoms with E-state index in [1.54, 1.807) is 31.3 Å². The summed E-state index contributed by atoms with van der Waals surface area (Å²) < 4.78 is 0. The van der Waals surface area contributed by atoms with E-state index in [1.807, 2.05) is 4.90 Å². The molecule has 0 bridgehead atoms. The molecule has 2 amide bonds. The van der Waals surface area contributed by atoms with Gasteiger partial charge in [-0.3, -0.25) is 14.7 Å². The SMILES string of the molecule is CNC(=O)c1cccc(C(=O)N2CCCCC2c2ncn[nH]2)c1. The average molecular weight is 313 g/mol. The summed E-state index contributed by atoms with van der Waals surface area (Å²) in [5.74, 6) is 0.419. The zero-order valence-corrected chi connectivity index (χ0v) is 13.0. The number of hydrogen-bond acceptors (Lipinski definition) is 4. The molecule has 2 heterocycles. The van der Waals surface area contributed by atoms with Gasteiger partial charge in [0.25, 0.3) is 11.8 Å². The Morgan fingerprint density at radius 3 is 2.87 bits per heavy atom. The predicted molar refractivity (Wildman–Crippen MR) is 83.8 cm³/mol. The molecule has 1 saturated heterocycles. The molecule has 1 fully saturated rings. The first-order valence-corrected chi connectivity index (χ1v) is 7.69. The molecule has 1 unspecified atom stereocenters. The summed E-state index contributed by atoms with van der Waals surface area (Å²) in [6.45, 7) is 0.675. The van der Waals surface area contributed by atoms with E-state index in [0.29, 0.717) is 23.5 Å². The highest BCUT2D eigenvalue weighted by atomic mass is 16.2. The lowest BCUT2D eigenvalue weighted by atomic mass is 9.99. The molecule has 0 radical (unpaired) electrons. The van der Waals surface area contributed by atoms with Gasteiger partial charge in [-0.15, -0.1) is 0 Å². The molecular formula is C16H19N5O2. The quantitative estimate of drug-likeness (QED) is 0.899. The number of aromatic nitrogens is 3. The summed E-state index contributed by atoms with van der Waals surface area (Å²) >= 11 is 0. The highest BCUT2D eigenvalue weighted by Crippen LogP contribution is 2.30. The molecule has 2 N–H and O–H groups in total. The Hall–Kier alpha value is -2.70. The van der Waals surface area contributed by atoms with Crippen LogP contribution < -0.4 is 5.32 Å². The molecule has 120 valence electrons. The van der Waals surface area contributed by atoms with Gasteiger partial charge in [-0.05, 0) is 37.5 Å². The van der Waals surface area contributed by atoms with Crippen LogP contribution in [0.3, 0.4) is 0 Å². The summed E-state index contributed by atoms with van der Waals surface area (Å²) in [5, 5.41) is 9.32. The van der Waals surface area contributed by atoms with Crippen molar-refractivity contribution < 1.29 is 9.59 Å². The highest BCUT2D eigenvalue weighted by molar-refractivity contribution is 5.99. The Balaban J connectivity index is 1.87. The van der Waals surface area contributed by atoms with Crippen molar-refractivity contribution >= 4 is 11.8 Å². The molecule has 0 aliphatic carbocycles. The van der Waals surface area contributed by atoms with E-state index in [9.17, 15) is 9.59 Å². The molecule has 0 spiro atoms. The summed E-state index contributed by atoms with van der Waals surface area (Å²) in [4.78, 5) is 30.7. The Labute approximate surface area is 134 Å². The first kappa shape index (κ1) is 15.2. The number of carbonyl (C=O) groups excluding carboxylic acids is 2. The van der Waals surface area contributed by atoms with E-state index >= 15 is 0 Å². The maximum Gasteiger partial charge on any atom is 0.254 e. The fourth-order valence-electron chi connectivity index (χ4n) is 2.94. The monoisotopic (exact) mass is 313 g/mol. The number of hydrogen-bond donors (Lipinski definition) is 2. The van der Waals surface area contributed by atoms with Crippen molar-refractivity contribution in [3.8, 4) is 0 Å². The normalized spacial score (nSPS) is 17.8. The van der Waals surface area contributed by atoms with Crippen molar-refractivity contribution in [2.24, 2.45) is 0 Å². The number of nitrogens with one attached hydrogen (secondary N) is 2. The minimum Gasteiger partial charge on any atom is -0.355 e. The van der Waals surface area contributed by atoms with Crippen LogP contribution in [0.25, 0.3) is 0 Å². The number of benzene rings is 1. The van der Waals surface area contributed by atoms with Crippen LogP contribution in [-0.4, -0.2) is 45.5 Å². The van der Waals surface area contributed by atoms with Crippen molar-refractivity contribution in [2.45, 2.75) is 25.3 Å². The molecule has 7 heteroatoms. The number of piperidine rings is 1. The minimum atomic E-state index is -0.204. The van der Waals surface area contributed by atoms with Crippen LogP contribution in [-0.2, 0) is 0 Å². The number of amides is 2. The van der Waals surface area contributed by atoms with Crippen LogP contribution in [0.1, 0.15) is 51.8 Å². The van der Waals surface area contributed by atoms with E-state index < -0.39 is 0 Å². The summed E-state index contributed by atoms with van der Waals surface area (Å²) in [6, 6.07) is 6.70. The Morgan fingerprint density at radius 2 is 2.13 bits per heavy atom. The summed E-state index contributed by atoms with van der Waals surface area (Å²) in [6.07, 6.45) is 4.33. The van der Waals surface area contributed by atoms with Gasteiger partial charge in [0.05, 0.1) is 6.04 Å². The standard InChI is InChI=1S/C16H19N5O2/c1-17-15(22)11-5-4-6-12(9-11)16(23)21-8-3-2-7-13(21)14-18-10-19-20-14/h4-6,9-10,13H,2-3,7-8H2,1H3,(H,17,22)(H,18,19,20). The number of carbonyl (C=O) groups is 2. The zero-order valence-electron chi connectivity index (χ0n) is 13.0. The number of aromatic amines is 1. The van der Waals surface area contributed by atoms with E-state index in [4.69, 9.17) is 0 Å². The second-order valence-electron chi connectivity index (χ2n) is 5.54. The van der Waals surface area contributed by atoms with Crippen molar-refractivity contribution in [3.05, 3.63) is 47.5 Å². The lowest BCUT2D eigenvalue weighted by molar-refractivity contribution is 0.0600. The van der Waals surface area contributed by atoms with E-state index in [2.05, 4.69) is 20.5 Å². The molecule has 1 aliphatic rings. The van der Waals surface area contributed by atoms with Gasteiger partial charge < -0.3 is 10.2 Å². The topological polar surface area (TPSA) is 91.0 Å². The van der Waals surface area contributed by atoms with E-state index in [1.165, 1.54) is 6.33 Å². The Morgan fingerprint density at radius 1 is 1.30 bits per heavy atom. The lowest BCUT2D eigenvalue weighted by Gasteiger charge is -2.34. The third kappa shape index (κ3) is 3.08. The van der Waals surface area contributed by atoms with Gasteiger partial charge in [0.15, 0.2) is 0 Å². The molecule has 1 aliphatic heterocycles. The molecule has 7 nitrogen and oxygen atoms in total. The Bertz CT molecular complexity index is 698. The van der Waals surface area contributed by atoms with Gasteiger partial charge in [-0.2, -0.15) is 5.10 Å². The van der Waals surface area contributed by atoms with Gasteiger partial charge >= 0.3 is 0 Å². The van der Waals surface area contributed by atoms with Gasteiger partial charge in [0.1, 0.15) is 12.2 Å². The molecule has 1 atom stereocenters. The van der Waals surface area contributed by atoms with Crippen molar-refractivity contribution in [2.75, 3.05) is 13.6 Å². The number of H-pyrrole nitrogens is 1. The van der Waals surface area contributed by atoms with Crippen molar-refractivity contribution in [1.82, 2.24) is 25.4 Å². The summed E-state index contributed by atoms with van der Waals surface area (Å²) in [7, 11) is 1.57. The smallest absolute Gasteiger partial charge is 0.254 e. The van der Waals surface area contributed by atoms with E-state index in [-0.39, 0.29) is 17.9 Å². The van der Waals surface area contributed by atoms with Crippen LogP contribution in [0.5, 0.6) is 0 Å². The van der Waals surface area contributed by atoms with Gasteiger partial charge in [0.2, 0.25) is 0 Å². The third-order valence-corrected chi connectivity index (χ3v) is 4.11. The maximum atomic E-state index is 12.9. The van der Waals surface area contributed by atoms with Crippen LogP contribution in [0, 0.1) is 0 Å². The highest BCUT2D eigenvalue weighted by Gasteiger charge is 2.30. The van der Waals surface area contributed by atoms with E-state index in [0.717, 1.165) is 19.3 Å². The number of likely N-dealkylation sites (tertiary alicyclic amines) is 1. The minimum absolute atomic E-state index is 0.0862. The second kappa shape index (κ2) is 6.60. The van der Waals surface area contributed by atoms with Crippen molar-refractivity contribution in [1.29, 1.82) is 0 Å². The fraction of sp³-hybridized carbons (Fsp3) is 0.375. The zero-order chi connectivity index (χ0) is 16.2. The largest absolute Gasteiger partial charge is 0.355 e. The maximum absolute atomic E-state index is 12.9. The van der Waals surface area contributed by atoms with Crippen LogP contribution >= 0.6 is 0 Å². The third-order valence-electron chi connectivity index (χ3n) is 4.11. The van der Waals surface area contributed by atoms with Crippen LogP contribution in [0.4, 0.5) is 0 Å². The first-order chi connectivity index (χ1) is 11.2. The van der Waals surface area contributed by atoms with Crippen LogP contribution in [0.15, 0.2) is 30.6 Å². The molecule has 23 heavy (non-hydrogen) atoms. The van der Waals surface area contributed by atoms with Crippen LogP contribution in [0.2, 0.25) is 0 Å². The number of nitrogens with zero attached hydrogens (tertiary/aromatic N) is 3. The predicted octanol–water partition coefficient (Wildman–Crippen LogP) is 1.53. The average Bonchev–Trinajstić information content (AvgIpc) is 3.15. The van der Waals surface area contributed by atoms with Gasteiger partial charge in [-0.1, -0.05) is 6.07 Å². The van der Waals surface area contributed by atoms with Crippen molar-refractivity contribution in [3.63, 3.8) is 0 Å². The molecule has 1 aromatic heterocycles. The first-order valence-electron chi connectivity index (χ1n) is 7.69. The molecule has 2 aromatic rings. The molecule has 0 saturated carbocycles. The molecule has 1 aromatic carbocycles. The number of rotatable bonds is 3. The summed E-state index contributed by atoms with van der Waals surface area (Å²) in [5.41, 5.74) is 0.990. The molecule has 3 rings (SSSR count). The second-order valence-corrected chi connectivity index (χ2v) is 5.54. The van der Waals surface area contributed by atoms with Gasteiger partial charge in [0, 0.05) is 24.7 Å². The lowest BCUT2D eigenvalue weighted by Crippen LogP contribution is -2.39.